The van der Waals surface area contributed by atoms with E-state index in [1.807, 2.05) is 0 Å². The molecule has 6 heteroatoms. The lowest BCUT2D eigenvalue weighted by molar-refractivity contribution is -0.117. The molecule has 6 nitrogen and oxygen atoms in total. The Morgan fingerprint density at radius 1 is 1.23 bits per heavy atom. The number of aryl methyl sites for hydroxylation is 1. The molecule has 1 aliphatic rings. The van der Waals surface area contributed by atoms with E-state index in [0.717, 1.165) is 30.3 Å². The monoisotopic (exact) mass is 361 g/mol. The van der Waals surface area contributed by atoms with E-state index < -0.39 is 5.56 Å². The van der Waals surface area contributed by atoms with Crippen LogP contribution in [0.25, 0.3) is 6.08 Å². The van der Waals surface area contributed by atoms with E-state index in [2.05, 4.69) is 26.1 Å². The molecule has 1 aromatic rings. The SMILES string of the molecule is CCC(C)(C)C1CCC(NC(=O)/C=C/c2cn(C)c(=O)n(C)c2=O)CC1. The van der Waals surface area contributed by atoms with Crippen molar-refractivity contribution in [1.82, 2.24) is 14.5 Å². The van der Waals surface area contributed by atoms with E-state index in [-0.39, 0.29) is 17.6 Å². The minimum Gasteiger partial charge on any atom is -0.350 e. The van der Waals surface area contributed by atoms with E-state index in [0.29, 0.717) is 16.9 Å². The van der Waals surface area contributed by atoms with Crippen LogP contribution in [0.4, 0.5) is 0 Å². The number of carbonyl (C=O) groups is 1. The van der Waals surface area contributed by atoms with E-state index >= 15 is 0 Å². The topological polar surface area (TPSA) is 73.1 Å². The van der Waals surface area contributed by atoms with Crippen molar-refractivity contribution in [3.63, 3.8) is 0 Å². The molecule has 144 valence electrons. The Balaban J connectivity index is 1.95. The lowest BCUT2D eigenvalue weighted by Gasteiger charge is -2.39. The van der Waals surface area contributed by atoms with Gasteiger partial charge in [0.1, 0.15) is 0 Å². The first-order valence-electron chi connectivity index (χ1n) is 9.41. The van der Waals surface area contributed by atoms with E-state index in [1.54, 1.807) is 7.05 Å². The van der Waals surface area contributed by atoms with E-state index in [4.69, 9.17) is 0 Å². The van der Waals surface area contributed by atoms with Crippen molar-refractivity contribution in [3.8, 4) is 0 Å². The number of rotatable bonds is 5. The van der Waals surface area contributed by atoms with Crippen LogP contribution in [-0.4, -0.2) is 21.1 Å². The Morgan fingerprint density at radius 2 is 1.85 bits per heavy atom. The highest BCUT2D eigenvalue weighted by Crippen LogP contribution is 2.40. The van der Waals surface area contributed by atoms with Crippen molar-refractivity contribution in [2.24, 2.45) is 25.4 Å². The van der Waals surface area contributed by atoms with E-state index in [9.17, 15) is 14.4 Å². The zero-order valence-corrected chi connectivity index (χ0v) is 16.5. The molecule has 1 saturated carbocycles. The summed E-state index contributed by atoms with van der Waals surface area (Å²) in [4.78, 5) is 35.9. The third kappa shape index (κ3) is 4.54. The van der Waals surface area contributed by atoms with Gasteiger partial charge in [0.15, 0.2) is 0 Å². The molecule has 0 unspecified atom stereocenters. The summed E-state index contributed by atoms with van der Waals surface area (Å²) in [5.41, 5.74) is -0.112. The number of amides is 1. The smallest absolute Gasteiger partial charge is 0.330 e. The Hall–Kier alpha value is -2.11. The molecule has 26 heavy (non-hydrogen) atoms. The van der Waals surface area contributed by atoms with Crippen molar-refractivity contribution in [1.29, 1.82) is 0 Å². The predicted octanol–water partition coefficient (Wildman–Crippen LogP) is 2.21. The Labute approximate surface area is 154 Å². The van der Waals surface area contributed by atoms with Crippen LogP contribution in [-0.2, 0) is 18.9 Å². The fraction of sp³-hybridized carbons (Fsp3) is 0.650. The van der Waals surface area contributed by atoms with Crippen LogP contribution < -0.4 is 16.6 Å². The second-order valence-electron chi connectivity index (χ2n) is 8.07. The van der Waals surface area contributed by atoms with Gasteiger partial charge in [-0.1, -0.05) is 27.2 Å². The molecular formula is C20H31N3O3. The minimum atomic E-state index is -0.403. The summed E-state index contributed by atoms with van der Waals surface area (Å²) in [6, 6.07) is 0.194. The highest BCUT2D eigenvalue weighted by molar-refractivity contribution is 5.91. The molecule has 0 atom stereocenters. The first kappa shape index (κ1) is 20.2. The molecule has 1 aromatic heterocycles. The average molecular weight is 361 g/mol. The lowest BCUT2D eigenvalue weighted by Crippen LogP contribution is -2.39. The van der Waals surface area contributed by atoms with Gasteiger partial charge in [-0.2, -0.15) is 0 Å². The molecule has 1 fully saturated rings. The molecule has 2 rings (SSSR count). The maximum atomic E-state index is 12.2. The lowest BCUT2D eigenvalue weighted by atomic mass is 9.69. The van der Waals surface area contributed by atoms with Crippen molar-refractivity contribution < 1.29 is 4.79 Å². The first-order chi connectivity index (χ1) is 12.2. The second kappa shape index (κ2) is 8.06. The maximum Gasteiger partial charge on any atom is 0.330 e. The van der Waals surface area contributed by atoms with Crippen LogP contribution in [0, 0.1) is 11.3 Å². The third-order valence-corrected chi connectivity index (χ3v) is 5.98. The van der Waals surface area contributed by atoms with Crippen LogP contribution in [0.5, 0.6) is 0 Å². The molecule has 1 amide bonds. The fourth-order valence-corrected chi connectivity index (χ4v) is 3.67. The summed E-state index contributed by atoms with van der Waals surface area (Å²) < 4.78 is 2.37. The average Bonchev–Trinajstić information content (AvgIpc) is 2.62. The van der Waals surface area contributed by atoms with E-state index in [1.165, 1.54) is 36.4 Å². The predicted molar refractivity (Wildman–Crippen MR) is 104 cm³/mol. The van der Waals surface area contributed by atoms with Gasteiger partial charge in [-0.25, -0.2) is 4.79 Å². The molecule has 1 aliphatic carbocycles. The van der Waals surface area contributed by atoms with Crippen LogP contribution in [0.15, 0.2) is 21.9 Å². The number of aromatic nitrogens is 2. The van der Waals surface area contributed by atoms with Crippen LogP contribution in [0.2, 0.25) is 0 Å². The highest BCUT2D eigenvalue weighted by Gasteiger charge is 2.31. The van der Waals surface area contributed by atoms with Gasteiger partial charge in [-0.3, -0.25) is 14.2 Å². The first-order valence-corrected chi connectivity index (χ1v) is 9.41. The Morgan fingerprint density at radius 3 is 2.42 bits per heavy atom. The number of hydrogen-bond acceptors (Lipinski definition) is 3. The summed E-state index contributed by atoms with van der Waals surface area (Å²) in [6.07, 6.45) is 9.74. The zero-order chi connectivity index (χ0) is 19.5. The van der Waals surface area contributed by atoms with Gasteiger partial charge in [-0.05, 0) is 43.1 Å². The molecule has 1 heterocycles. The number of nitrogens with zero attached hydrogens (tertiary/aromatic N) is 2. The summed E-state index contributed by atoms with van der Waals surface area (Å²) in [6.45, 7) is 6.89. The van der Waals surface area contributed by atoms with Crippen molar-refractivity contribution in [2.75, 3.05) is 0 Å². The molecule has 1 N–H and O–H groups in total. The molecular weight excluding hydrogens is 330 g/mol. The van der Waals surface area contributed by atoms with Crippen molar-refractivity contribution >= 4 is 12.0 Å². The van der Waals surface area contributed by atoms with Gasteiger partial charge in [-0.15, -0.1) is 0 Å². The summed E-state index contributed by atoms with van der Waals surface area (Å²) >= 11 is 0. The molecule has 0 bridgehead atoms. The molecule has 0 spiro atoms. The largest absolute Gasteiger partial charge is 0.350 e. The van der Waals surface area contributed by atoms with Gasteiger partial charge in [0.25, 0.3) is 5.56 Å². The zero-order valence-electron chi connectivity index (χ0n) is 16.5. The second-order valence-corrected chi connectivity index (χ2v) is 8.07. The minimum absolute atomic E-state index is 0.194. The highest BCUT2D eigenvalue weighted by atomic mass is 16.2. The Kier molecular flexibility index (Phi) is 6.26. The summed E-state index contributed by atoms with van der Waals surface area (Å²) in [5, 5.41) is 3.04. The molecule has 0 aliphatic heterocycles. The summed E-state index contributed by atoms with van der Waals surface area (Å²) in [5.74, 6) is 0.518. The fourth-order valence-electron chi connectivity index (χ4n) is 3.67. The number of hydrogen-bond donors (Lipinski definition) is 1. The van der Waals surface area contributed by atoms with Gasteiger partial charge in [0.2, 0.25) is 5.91 Å². The van der Waals surface area contributed by atoms with Gasteiger partial charge in [0.05, 0.1) is 5.56 Å². The number of carbonyl (C=O) groups excluding carboxylic acids is 1. The molecule has 0 aromatic carbocycles. The van der Waals surface area contributed by atoms with Gasteiger partial charge >= 0.3 is 5.69 Å². The molecule has 0 saturated heterocycles. The standard InChI is InChI=1S/C20H31N3O3/c1-6-20(2,3)15-8-10-16(11-9-15)21-17(24)12-7-14-13-22(4)19(26)23(5)18(14)25/h7,12-13,15-16H,6,8-11H2,1-5H3,(H,21,24)/b12-7+. The van der Waals surface area contributed by atoms with Crippen LogP contribution in [0.3, 0.4) is 0 Å². The maximum absolute atomic E-state index is 12.2. The van der Waals surface area contributed by atoms with Crippen LogP contribution >= 0.6 is 0 Å². The summed E-state index contributed by atoms with van der Waals surface area (Å²) in [7, 11) is 3.01. The van der Waals surface area contributed by atoms with Crippen molar-refractivity contribution in [2.45, 2.75) is 58.9 Å². The number of nitrogens with one attached hydrogen (secondary N) is 1. The normalized spacial score (nSPS) is 21.1. The quantitative estimate of drug-likeness (QED) is 0.817. The van der Waals surface area contributed by atoms with Gasteiger partial charge in [0, 0.05) is 32.4 Å². The third-order valence-electron chi connectivity index (χ3n) is 5.98. The molecule has 0 radical (unpaired) electrons. The Bertz CT molecular complexity index is 793. The van der Waals surface area contributed by atoms with Gasteiger partial charge < -0.3 is 9.88 Å². The van der Waals surface area contributed by atoms with Crippen molar-refractivity contribution in [3.05, 3.63) is 38.7 Å². The van der Waals surface area contributed by atoms with Crippen LogP contribution in [0.1, 0.15) is 58.4 Å².